The van der Waals surface area contributed by atoms with Gasteiger partial charge in [0.25, 0.3) is 5.91 Å². The van der Waals surface area contributed by atoms with Crippen molar-refractivity contribution in [3.63, 3.8) is 0 Å². The molecule has 0 spiro atoms. The van der Waals surface area contributed by atoms with E-state index in [0.717, 1.165) is 11.3 Å². The summed E-state index contributed by atoms with van der Waals surface area (Å²) in [7, 11) is 0. The van der Waals surface area contributed by atoms with Gasteiger partial charge in [-0.25, -0.2) is 10.3 Å². The summed E-state index contributed by atoms with van der Waals surface area (Å²) in [6.07, 6.45) is 9.05. The van der Waals surface area contributed by atoms with E-state index in [0.29, 0.717) is 29.3 Å². The number of benzene rings is 1. The number of carbonyl (C=O) groups is 2. The third kappa shape index (κ3) is 5.66. The van der Waals surface area contributed by atoms with E-state index in [2.05, 4.69) is 20.6 Å². The number of aryl methyl sites for hydroxylation is 1. The number of nitrogens with one attached hydrogen (secondary N) is 4. The summed E-state index contributed by atoms with van der Waals surface area (Å²) in [6, 6.07) is 12.4. The number of aromatic nitrogens is 2. The van der Waals surface area contributed by atoms with Crippen molar-refractivity contribution in [3.8, 4) is 17.1 Å². The van der Waals surface area contributed by atoms with Gasteiger partial charge in [0, 0.05) is 36.3 Å². The molecule has 1 unspecified atom stereocenters. The summed E-state index contributed by atoms with van der Waals surface area (Å²) in [6.45, 7) is 1.96. The quantitative estimate of drug-likeness (QED) is 0.290. The minimum atomic E-state index is -0.610. The van der Waals surface area contributed by atoms with E-state index >= 15 is 0 Å². The van der Waals surface area contributed by atoms with Crippen LogP contribution in [0.15, 0.2) is 78.8 Å². The first-order chi connectivity index (χ1) is 16.0. The topological polar surface area (TPSA) is 128 Å². The van der Waals surface area contributed by atoms with E-state index < -0.39 is 5.91 Å². The van der Waals surface area contributed by atoms with Crippen LogP contribution in [0, 0.1) is 6.92 Å². The minimum Gasteiger partial charge on any atom is -0.486 e. The van der Waals surface area contributed by atoms with Crippen molar-refractivity contribution in [1.29, 1.82) is 0 Å². The van der Waals surface area contributed by atoms with E-state index in [9.17, 15) is 9.59 Å². The molecule has 2 heterocycles. The molecule has 3 amide bonds. The fourth-order valence-electron chi connectivity index (χ4n) is 3.34. The zero-order chi connectivity index (χ0) is 23.2. The molecule has 3 aromatic rings. The number of amides is 3. The molecule has 0 aliphatic heterocycles. The normalized spacial score (nSPS) is 14.8. The molecule has 1 aliphatic carbocycles. The van der Waals surface area contributed by atoms with Crippen molar-refractivity contribution in [2.75, 3.05) is 5.32 Å². The van der Waals surface area contributed by atoms with Gasteiger partial charge in [-0.3, -0.25) is 15.0 Å². The average molecular weight is 445 g/mol. The van der Waals surface area contributed by atoms with Gasteiger partial charge < -0.3 is 20.4 Å². The zero-order valence-electron chi connectivity index (χ0n) is 17.8. The number of carbonyl (C=O) groups excluding carboxylic acids is 2. The number of H-pyrrole nitrogens is 1. The van der Waals surface area contributed by atoms with Gasteiger partial charge in [0.05, 0.1) is 17.0 Å². The molecular weight excluding hydrogens is 422 g/mol. The molecule has 2 aromatic heterocycles. The number of hydroxylamine groups is 1. The Bertz CT molecular complexity index is 1230. The average Bonchev–Trinajstić information content (AvgIpc) is 3.30. The maximum atomic E-state index is 12.2. The minimum absolute atomic E-state index is 0.204. The maximum Gasteiger partial charge on any atom is 0.323 e. The largest absolute Gasteiger partial charge is 0.486 e. The molecule has 1 aromatic carbocycles. The Morgan fingerprint density at radius 2 is 2.06 bits per heavy atom. The van der Waals surface area contributed by atoms with Crippen LogP contribution in [-0.2, 0) is 0 Å². The number of urea groups is 1. The van der Waals surface area contributed by atoms with Gasteiger partial charge in [0.1, 0.15) is 11.9 Å². The third-order valence-electron chi connectivity index (χ3n) is 4.94. The van der Waals surface area contributed by atoms with E-state index in [-0.39, 0.29) is 17.7 Å². The molecule has 0 radical (unpaired) electrons. The monoisotopic (exact) mass is 445 g/mol. The first-order valence-electron chi connectivity index (χ1n) is 10.3. The zero-order valence-corrected chi connectivity index (χ0v) is 17.8. The van der Waals surface area contributed by atoms with Gasteiger partial charge in [0.2, 0.25) is 0 Å². The SMILES string of the molecule is Cc1cccc(NC(=O)NC2=CCC(Oc3ccnc(-c4cc(C(=O)NO)c[nH]4)c3)C=C2)c1. The molecule has 168 valence electrons. The van der Waals surface area contributed by atoms with Crippen molar-refractivity contribution in [1.82, 2.24) is 20.8 Å². The van der Waals surface area contributed by atoms with E-state index in [1.54, 1.807) is 36.0 Å². The van der Waals surface area contributed by atoms with Crippen LogP contribution < -0.4 is 20.9 Å². The van der Waals surface area contributed by atoms with Crippen LogP contribution in [0.3, 0.4) is 0 Å². The van der Waals surface area contributed by atoms with E-state index in [4.69, 9.17) is 9.94 Å². The molecule has 4 rings (SSSR count). The number of allylic oxidation sites excluding steroid dienone is 1. The molecule has 0 fully saturated rings. The highest BCUT2D eigenvalue weighted by molar-refractivity contribution is 5.94. The van der Waals surface area contributed by atoms with Gasteiger partial charge in [-0.05, 0) is 48.9 Å². The van der Waals surface area contributed by atoms with Crippen LogP contribution in [0.2, 0.25) is 0 Å². The summed E-state index contributed by atoms with van der Waals surface area (Å²) in [4.78, 5) is 31.0. The van der Waals surface area contributed by atoms with Crippen molar-refractivity contribution >= 4 is 17.6 Å². The number of aromatic amines is 1. The molecule has 0 bridgehead atoms. The second-order valence-electron chi connectivity index (χ2n) is 7.48. The lowest BCUT2D eigenvalue weighted by molar-refractivity contribution is 0.0706. The standard InChI is InChI=1S/C24H23N5O4/c1-15-3-2-4-18(11-15)28-24(31)27-17-5-7-19(8-6-17)33-20-9-10-25-22(13-20)21-12-16(14-26-21)23(30)29-32/h2-7,9-14,19,26,32H,8H2,1H3,(H,29,30)(H2,27,28,31). The number of pyridine rings is 1. The summed E-state index contributed by atoms with van der Waals surface area (Å²) < 4.78 is 6.02. The van der Waals surface area contributed by atoms with Crippen LogP contribution >= 0.6 is 0 Å². The Morgan fingerprint density at radius 3 is 2.82 bits per heavy atom. The lowest BCUT2D eigenvalue weighted by atomic mass is 10.1. The molecule has 9 nitrogen and oxygen atoms in total. The highest BCUT2D eigenvalue weighted by atomic mass is 16.5. The Labute approximate surface area is 190 Å². The van der Waals surface area contributed by atoms with Crippen molar-refractivity contribution < 1.29 is 19.5 Å². The fourth-order valence-corrected chi connectivity index (χ4v) is 3.34. The second kappa shape index (κ2) is 9.84. The van der Waals surface area contributed by atoms with Gasteiger partial charge >= 0.3 is 6.03 Å². The number of ether oxygens (including phenoxy) is 1. The summed E-state index contributed by atoms with van der Waals surface area (Å²) in [5.41, 5.74) is 5.57. The van der Waals surface area contributed by atoms with Crippen LogP contribution in [0.25, 0.3) is 11.4 Å². The van der Waals surface area contributed by atoms with Crippen LogP contribution in [-0.4, -0.2) is 33.2 Å². The van der Waals surface area contributed by atoms with Gasteiger partial charge in [-0.2, -0.15) is 0 Å². The molecule has 0 saturated carbocycles. The van der Waals surface area contributed by atoms with E-state index in [1.807, 2.05) is 43.3 Å². The first-order valence-corrected chi connectivity index (χ1v) is 10.3. The predicted molar refractivity (Wildman–Crippen MR) is 123 cm³/mol. The lowest BCUT2D eigenvalue weighted by Gasteiger charge is -2.19. The molecule has 0 saturated heterocycles. The highest BCUT2D eigenvalue weighted by Gasteiger charge is 2.14. The number of nitrogens with zero attached hydrogens (tertiary/aromatic N) is 1. The Balaban J connectivity index is 1.33. The first kappa shape index (κ1) is 21.8. The summed E-state index contributed by atoms with van der Waals surface area (Å²) in [5.74, 6) is 0.000390. The number of hydrogen-bond acceptors (Lipinski definition) is 5. The number of rotatable bonds is 6. The predicted octanol–water partition coefficient (Wildman–Crippen LogP) is 3.92. The summed E-state index contributed by atoms with van der Waals surface area (Å²) >= 11 is 0. The maximum absolute atomic E-state index is 12.2. The van der Waals surface area contributed by atoms with Gasteiger partial charge in [-0.15, -0.1) is 0 Å². The fraction of sp³-hybridized carbons (Fsp3) is 0.125. The summed E-state index contributed by atoms with van der Waals surface area (Å²) in [5, 5.41) is 14.4. The number of anilines is 1. The molecule has 9 heteroatoms. The van der Waals surface area contributed by atoms with Crippen molar-refractivity contribution in [2.24, 2.45) is 0 Å². The third-order valence-corrected chi connectivity index (χ3v) is 4.94. The second-order valence-corrected chi connectivity index (χ2v) is 7.48. The number of hydrogen-bond donors (Lipinski definition) is 5. The molecular formula is C24H23N5O4. The smallest absolute Gasteiger partial charge is 0.323 e. The Morgan fingerprint density at radius 1 is 1.18 bits per heavy atom. The van der Waals surface area contributed by atoms with Gasteiger partial charge in [0.15, 0.2) is 0 Å². The van der Waals surface area contributed by atoms with Crippen molar-refractivity contribution in [3.05, 3.63) is 89.9 Å². The Hall–Kier alpha value is -4.37. The molecule has 5 N–H and O–H groups in total. The lowest BCUT2D eigenvalue weighted by Crippen LogP contribution is -2.29. The van der Waals surface area contributed by atoms with Crippen molar-refractivity contribution in [2.45, 2.75) is 19.4 Å². The molecule has 1 aliphatic rings. The highest BCUT2D eigenvalue weighted by Crippen LogP contribution is 2.24. The van der Waals surface area contributed by atoms with Crippen LogP contribution in [0.5, 0.6) is 5.75 Å². The van der Waals surface area contributed by atoms with Crippen LogP contribution in [0.1, 0.15) is 22.3 Å². The molecule has 1 atom stereocenters. The van der Waals surface area contributed by atoms with Gasteiger partial charge in [-0.1, -0.05) is 18.2 Å². The Kier molecular flexibility index (Phi) is 6.51. The van der Waals surface area contributed by atoms with Crippen LogP contribution in [0.4, 0.5) is 10.5 Å². The van der Waals surface area contributed by atoms with E-state index in [1.165, 1.54) is 6.20 Å². The molecule has 33 heavy (non-hydrogen) atoms.